The van der Waals surface area contributed by atoms with E-state index in [1.807, 2.05) is 13.0 Å². The first kappa shape index (κ1) is 13.8. The van der Waals surface area contributed by atoms with Crippen LogP contribution < -0.4 is 5.32 Å². The van der Waals surface area contributed by atoms with E-state index in [1.165, 1.54) is 0 Å². The van der Waals surface area contributed by atoms with Crippen molar-refractivity contribution in [3.05, 3.63) is 22.8 Å². The van der Waals surface area contributed by atoms with Crippen LogP contribution in [0.15, 0.2) is 12.3 Å². The lowest BCUT2D eigenvalue weighted by Gasteiger charge is -2.10. The molecule has 0 bridgehead atoms. The first-order chi connectivity index (χ1) is 8.19. The predicted octanol–water partition coefficient (Wildman–Crippen LogP) is 2.43. The van der Waals surface area contributed by atoms with E-state index in [2.05, 4.69) is 10.3 Å². The van der Waals surface area contributed by atoms with Crippen molar-refractivity contribution in [3.63, 3.8) is 0 Å². The minimum Gasteiger partial charge on any atom is -0.396 e. The highest BCUT2D eigenvalue weighted by atomic mass is 35.5. The molecule has 1 rings (SSSR count). The highest BCUT2D eigenvalue weighted by molar-refractivity contribution is 6.34. The molecule has 2 N–H and O–H groups in total. The van der Waals surface area contributed by atoms with Gasteiger partial charge in [-0.2, -0.15) is 5.26 Å². The van der Waals surface area contributed by atoms with Crippen molar-refractivity contribution < 1.29 is 5.11 Å². The van der Waals surface area contributed by atoms with Crippen LogP contribution in [0.2, 0.25) is 5.02 Å². The Bertz CT molecular complexity index is 403. The Hall–Kier alpha value is -1.31. The molecule has 0 fully saturated rings. The second-order valence-electron chi connectivity index (χ2n) is 3.99. The van der Waals surface area contributed by atoms with Crippen molar-refractivity contribution in [1.29, 1.82) is 5.26 Å². The molecule has 0 aromatic carbocycles. The maximum Gasteiger partial charge on any atom is 0.146 e. The van der Waals surface area contributed by atoms with E-state index in [4.69, 9.17) is 22.0 Å². The largest absolute Gasteiger partial charge is 0.396 e. The average molecular weight is 254 g/mol. The molecule has 0 aliphatic rings. The van der Waals surface area contributed by atoms with Crippen molar-refractivity contribution >= 4 is 17.4 Å². The number of aromatic nitrogens is 1. The number of rotatable bonds is 6. The number of aliphatic hydroxyl groups is 1. The Kier molecular flexibility index (Phi) is 5.75. The second kappa shape index (κ2) is 7.10. The van der Waals surface area contributed by atoms with Crippen molar-refractivity contribution in [1.82, 2.24) is 4.98 Å². The molecule has 1 atom stereocenters. The van der Waals surface area contributed by atoms with Crippen LogP contribution in [0.5, 0.6) is 0 Å². The zero-order valence-electron chi connectivity index (χ0n) is 9.78. The number of nitrogens with zero attached hydrogens (tertiary/aromatic N) is 2. The van der Waals surface area contributed by atoms with E-state index >= 15 is 0 Å². The van der Waals surface area contributed by atoms with Gasteiger partial charge in [0.05, 0.1) is 5.56 Å². The lowest BCUT2D eigenvalue weighted by molar-refractivity contribution is 0.229. The molecule has 17 heavy (non-hydrogen) atoms. The second-order valence-corrected chi connectivity index (χ2v) is 4.37. The van der Waals surface area contributed by atoms with Crippen molar-refractivity contribution in [3.8, 4) is 6.07 Å². The lowest BCUT2D eigenvalue weighted by atomic mass is 10.1. The Balaban J connectivity index is 2.45. The van der Waals surface area contributed by atoms with Gasteiger partial charge in [0, 0.05) is 19.3 Å². The van der Waals surface area contributed by atoms with E-state index in [0.29, 0.717) is 22.3 Å². The monoisotopic (exact) mass is 253 g/mol. The van der Waals surface area contributed by atoms with Crippen molar-refractivity contribution in [2.75, 3.05) is 18.5 Å². The highest BCUT2D eigenvalue weighted by Crippen LogP contribution is 2.22. The van der Waals surface area contributed by atoms with Gasteiger partial charge in [-0.15, -0.1) is 0 Å². The zero-order valence-corrected chi connectivity index (χ0v) is 10.5. The van der Waals surface area contributed by atoms with E-state index in [9.17, 15) is 0 Å². The predicted molar refractivity (Wildman–Crippen MR) is 67.9 cm³/mol. The molecule has 1 heterocycles. The van der Waals surface area contributed by atoms with E-state index in [-0.39, 0.29) is 6.61 Å². The summed E-state index contributed by atoms with van der Waals surface area (Å²) in [5.74, 6) is 0.855. The van der Waals surface area contributed by atoms with Crippen LogP contribution in [-0.2, 0) is 0 Å². The smallest absolute Gasteiger partial charge is 0.146 e. The maximum atomic E-state index is 8.87. The molecule has 1 unspecified atom stereocenters. The third kappa shape index (κ3) is 4.22. The molecule has 1 aromatic rings. The van der Waals surface area contributed by atoms with Gasteiger partial charge in [-0.25, -0.2) is 4.98 Å². The van der Waals surface area contributed by atoms with Crippen molar-refractivity contribution in [2.24, 2.45) is 5.92 Å². The summed E-state index contributed by atoms with van der Waals surface area (Å²) in [4.78, 5) is 4.08. The minimum atomic E-state index is 0.211. The summed E-state index contributed by atoms with van der Waals surface area (Å²) in [5.41, 5.74) is 0.424. The van der Waals surface area contributed by atoms with Crippen LogP contribution in [0.3, 0.4) is 0 Å². The summed E-state index contributed by atoms with van der Waals surface area (Å²) in [6.07, 6.45) is 3.43. The molecular weight excluding hydrogens is 238 g/mol. The fourth-order valence-electron chi connectivity index (χ4n) is 1.40. The Morgan fingerprint density at radius 1 is 1.65 bits per heavy atom. The summed E-state index contributed by atoms with van der Waals surface area (Å²) in [6, 6.07) is 3.59. The van der Waals surface area contributed by atoms with E-state index in [0.717, 1.165) is 19.4 Å². The van der Waals surface area contributed by atoms with Gasteiger partial charge < -0.3 is 10.4 Å². The summed E-state index contributed by atoms with van der Waals surface area (Å²) in [7, 11) is 0. The van der Waals surface area contributed by atoms with Gasteiger partial charge in [-0.1, -0.05) is 18.5 Å². The number of nitrogens with one attached hydrogen (secondary N) is 1. The average Bonchev–Trinajstić information content (AvgIpc) is 2.36. The summed E-state index contributed by atoms with van der Waals surface area (Å²) in [5, 5.41) is 21.1. The number of hydrogen-bond donors (Lipinski definition) is 2. The van der Waals surface area contributed by atoms with Gasteiger partial charge in [0.15, 0.2) is 0 Å². The molecule has 0 amide bonds. The summed E-state index contributed by atoms with van der Waals surface area (Å²) >= 11 is 5.99. The molecule has 0 saturated heterocycles. The van der Waals surface area contributed by atoms with Crippen LogP contribution in [0, 0.1) is 17.2 Å². The first-order valence-corrected chi connectivity index (χ1v) is 5.96. The lowest BCUT2D eigenvalue weighted by Crippen LogP contribution is -2.08. The highest BCUT2D eigenvalue weighted by Gasteiger charge is 2.06. The maximum absolute atomic E-state index is 8.87. The number of anilines is 1. The van der Waals surface area contributed by atoms with E-state index < -0.39 is 0 Å². The van der Waals surface area contributed by atoms with Crippen LogP contribution in [-0.4, -0.2) is 23.2 Å². The number of nitriles is 1. The number of hydrogen-bond acceptors (Lipinski definition) is 4. The fraction of sp³-hybridized carbons (Fsp3) is 0.500. The number of pyridine rings is 1. The summed E-state index contributed by atoms with van der Waals surface area (Å²) < 4.78 is 0. The van der Waals surface area contributed by atoms with Crippen molar-refractivity contribution in [2.45, 2.75) is 19.8 Å². The zero-order chi connectivity index (χ0) is 12.7. The normalized spacial score (nSPS) is 11.9. The van der Waals surface area contributed by atoms with Gasteiger partial charge in [0.2, 0.25) is 0 Å². The Labute approximate surface area is 106 Å². The fourth-order valence-corrected chi connectivity index (χ4v) is 1.62. The molecule has 1 aromatic heterocycles. The number of halogens is 1. The Morgan fingerprint density at radius 3 is 3.06 bits per heavy atom. The van der Waals surface area contributed by atoms with Crippen LogP contribution in [0.4, 0.5) is 5.82 Å². The molecule has 0 spiro atoms. The standard InChI is InChI=1S/C12H16ClN3O/c1-9(8-17)3-2-5-15-12-11(13)10(7-14)4-6-16-12/h4,6,9,17H,2-3,5,8H2,1H3,(H,15,16). The van der Waals surface area contributed by atoms with Gasteiger partial charge in [0.1, 0.15) is 16.9 Å². The quantitative estimate of drug-likeness (QED) is 0.764. The SMILES string of the molecule is CC(CO)CCCNc1nccc(C#N)c1Cl. The van der Waals surface area contributed by atoms with Crippen LogP contribution in [0.1, 0.15) is 25.3 Å². The molecule has 0 saturated carbocycles. The minimum absolute atomic E-state index is 0.211. The third-order valence-corrected chi connectivity index (χ3v) is 2.87. The molecule has 4 nitrogen and oxygen atoms in total. The molecular formula is C12H16ClN3O. The summed E-state index contributed by atoms with van der Waals surface area (Å²) in [6.45, 7) is 2.94. The third-order valence-electron chi connectivity index (χ3n) is 2.49. The molecule has 0 aliphatic carbocycles. The van der Waals surface area contributed by atoms with Gasteiger partial charge >= 0.3 is 0 Å². The molecule has 0 aliphatic heterocycles. The first-order valence-electron chi connectivity index (χ1n) is 5.58. The topological polar surface area (TPSA) is 68.9 Å². The number of aliphatic hydroxyl groups excluding tert-OH is 1. The van der Waals surface area contributed by atoms with Gasteiger partial charge in [0.25, 0.3) is 0 Å². The molecule has 5 heteroatoms. The van der Waals surface area contributed by atoms with E-state index in [1.54, 1.807) is 12.3 Å². The molecule has 92 valence electrons. The molecule has 0 radical (unpaired) electrons. The van der Waals surface area contributed by atoms with Crippen LogP contribution in [0.25, 0.3) is 0 Å². The van der Waals surface area contributed by atoms with Crippen LogP contribution >= 0.6 is 11.6 Å². The Morgan fingerprint density at radius 2 is 2.41 bits per heavy atom. The van der Waals surface area contributed by atoms with Gasteiger partial charge in [-0.3, -0.25) is 0 Å². The van der Waals surface area contributed by atoms with Gasteiger partial charge in [-0.05, 0) is 24.8 Å².